The number of aromatic nitrogens is 4. The minimum absolute atomic E-state index is 0.221. The van der Waals surface area contributed by atoms with E-state index in [4.69, 9.17) is 28.6 Å². The molecule has 1 N–H and O–H groups in total. The average molecular weight is 346 g/mol. The zero-order valence-electron chi connectivity index (χ0n) is 11.9. The van der Waals surface area contributed by atoms with Crippen LogP contribution in [0.15, 0.2) is 53.9 Å². The first-order valence-electron chi connectivity index (χ1n) is 6.71. The fraction of sp³-hybridized carbons (Fsp3) is 0.0667. The summed E-state index contributed by atoms with van der Waals surface area (Å²) in [6, 6.07) is 10.8. The molecule has 0 spiro atoms. The number of nitrogens with zero attached hydrogens (tertiary/aromatic N) is 4. The molecule has 0 aliphatic rings. The van der Waals surface area contributed by atoms with Crippen molar-refractivity contribution in [2.45, 2.75) is 6.61 Å². The minimum Gasteiger partial charge on any atom is -0.486 e. The number of nitrogens with one attached hydrogen (secondary N) is 1. The zero-order valence-corrected chi connectivity index (χ0v) is 13.5. The third kappa shape index (κ3) is 4.02. The topological polar surface area (TPSA) is 68.1 Å². The number of rotatable bonds is 5. The van der Waals surface area contributed by atoms with Gasteiger partial charge in [-0.15, -0.1) is 0 Å². The first-order chi connectivity index (χ1) is 11.2. The van der Waals surface area contributed by atoms with Crippen molar-refractivity contribution in [2.75, 3.05) is 0 Å². The van der Waals surface area contributed by atoms with E-state index in [9.17, 15) is 0 Å². The lowest BCUT2D eigenvalue weighted by Crippen LogP contribution is -2.04. The number of ether oxygens (including phenoxy) is 1. The van der Waals surface area contributed by atoms with Crippen molar-refractivity contribution >= 4 is 30.0 Å². The van der Waals surface area contributed by atoms with E-state index < -0.39 is 0 Å². The Morgan fingerprint density at radius 1 is 1.30 bits per heavy atom. The maximum Gasteiger partial charge on any atom is 0.216 e. The van der Waals surface area contributed by atoms with E-state index in [0.29, 0.717) is 21.4 Å². The van der Waals surface area contributed by atoms with E-state index in [0.717, 1.165) is 5.56 Å². The summed E-state index contributed by atoms with van der Waals surface area (Å²) in [6.07, 6.45) is 5.06. The van der Waals surface area contributed by atoms with Gasteiger partial charge in [0.2, 0.25) is 4.77 Å². The van der Waals surface area contributed by atoms with E-state index in [-0.39, 0.29) is 6.61 Å². The number of hydrogen-bond donors (Lipinski definition) is 1. The van der Waals surface area contributed by atoms with Crippen molar-refractivity contribution in [3.8, 4) is 5.75 Å². The smallest absolute Gasteiger partial charge is 0.216 e. The molecule has 3 aromatic rings. The SMILES string of the molecule is S=c1[nH]nc(COc2ccc(Cl)cc2)n1/N=C\c1cccnc1. The Morgan fingerprint density at radius 2 is 2.13 bits per heavy atom. The predicted molar refractivity (Wildman–Crippen MR) is 90.4 cm³/mol. The number of hydrogen-bond acceptors (Lipinski definition) is 5. The van der Waals surface area contributed by atoms with Crippen LogP contribution in [0.2, 0.25) is 5.02 Å². The Balaban J connectivity index is 1.75. The summed E-state index contributed by atoms with van der Waals surface area (Å²) >= 11 is 11.0. The highest BCUT2D eigenvalue weighted by atomic mass is 35.5. The lowest BCUT2D eigenvalue weighted by molar-refractivity contribution is 0.290. The Morgan fingerprint density at radius 3 is 2.87 bits per heavy atom. The van der Waals surface area contributed by atoms with Crippen molar-refractivity contribution in [2.24, 2.45) is 5.10 Å². The molecule has 8 heteroatoms. The molecule has 0 unspecified atom stereocenters. The van der Waals surface area contributed by atoms with Gasteiger partial charge in [-0.05, 0) is 42.5 Å². The van der Waals surface area contributed by atoms with E-state index in [1.165, 1.54) is 4.68 Å². The highest BCUT2D eigenvalue weighted by molar-refractivity contribution is 7.71. The molecular weight excluding hydrogens is 334 g/mol. The molecule has 3 rings (SSSR count). The molecule has 0 atom stereocenters. The van der Waals surface area contributed by atoms with Gasteiger partial charge in [0.15, 0.2) is 5.82 Å². The monoisotopic (exact) mass is 345 g/mol. The lowest BCUT2D eigenvalue weighted by atomic mass is 10.3. The van der Waals surface area contributed by atoms with Crippen LogP contribution < -0.4 is 4.74 Å². The van der Waals surface area contributed by atoms with E-state index in [2.05, 4.69) is 20.3 Å². The molecule has 0 fully saturated rings. The molecule has 116 valence electrons. The Kier molecular flexibility index (Phi) is 4.80. The standard InChI is InChI=1S/C15H12ClN5OS/c16-12-3-5-13(6-4-12)22-10-14-19-20-15(23)21(14)18-9-11-2-1-7-17-8-11/h1-9H,10H2,(H,20,23)/b18-9-. The number of H-pyrrole nitrogens is 1. The van der Waals surface area contributed by atoms with Crippen LogP contribution in [0.5, 0.6) is 5.75 Å². The lowest BCUT2D eigenvalue weighted by Gasteiger charge is -2.05. The summed E-state index contributed by atoms with van der Waals surface area (Å²) in [4.78, 5) is 4.03. The maximum absolute atomic E-state index is 5.84. The van der Waals surface area contributed by atoms with E-state index in [1.54, 1.807) is 42.9 Å². The number of halogens is 1. The van der Waals surface area contributed by atoms with Crippen molar-refractivity contribution in [1.29, 1.82) is 0 Å². The van der Waals surface area contributed by atoms with Gasteiger partial charge in [0.25, 0.3) is 0 Å². The molecule has 0 radical (unpaired) electrons. The number of benzene rings is 1. The summed E-state index contributed by atoms with van der Waals surface area (Å²) in [5.41, 5.74) is 0.861. The van der Waals surface area contributed by atoms with Crippen LogP contribution in [0, 0.1) is 4.77 Å². The zero-order chi connectivity index (χ0) is 16.1. The van der Waals surface area contributed by atoms with Crippen LogP contribution >= 0.6 is 23.8 Å². The van der Waals surface area contributed by atoms with Crippen molar-refractivity contribution < 1.29 is 4.74 Å². The van der Waals surface area contributed by atoms with Crippen molar-refractivity contribution in [1.82, 2.24) is 19.9 Å². The van der Waals surface area contributed by atoms with Gasteiger partial charge in [-0.1, -0.05) is 17.7 Å². The molecular formula is C15H12ClN5OS. The second-order valence-electron chi connectivity index (χ2n) is 4.53. The molecule has 1 aromatic carbocycles. The third-order valence-electron chi connectivity index (χ3n) is 2.91. The summed E-state index contributed by atoms with van der Waals surface area (Å²) < 4.78 is 7.56. The van der Waals surface area contributed by atoms with Crippen LogP contribution in [-0.4, -0.2) is 26.1 Å². The first-order valence-corrected chi connectivity index (χ1v) is 7.50. The van der Waals surface area contributed by atoms with E-state index >= 15 is 0 Å². The van der Waals surface area contributed by atoms with Crippen LogP contribution in [0.25, 0.3) is 0 Å². The van der Waals surface area contributed by atoms with Gasteiger partial charge in [0.05, 0.1) is 6.21 Å². The number of pyridine rings is 1. The van der Waals surface area contributed by atoms with Crippen LogP contribution in [0.1, 0.15) is 11.4 Å². The van der Waals surface area contributed by atoms with Crippen molar-refractivity contribution in [3.05, 3.63) is 70.0 Å². The van der Waals surface area contributed by atoms with Gasteiger partial charge >= 0.3 is 0 Å². The highest BCUT2D eigenvalue weighted by Gasteiger charge is 2.06. The van der Waals surface area contributed by atoms with Gasteiger partial charge < -0.3 is 4.74 Å². The van der Waals surface area contributed by atoms with Gasteiger partial charge in [0.1, 0.15) is 12.4 Å². The molecule has 0 amide bonds. The first kappa shape index (κ1) is 15.4. The predicted octanol–water partition coefficient (Wildman–Crippen LogP) is 3.45. The van der Waals surface area contributed by atoms with Crippen LogP contribution in [0.4, 0.5) is 0 Å². The molecule has 0 saturated carbocycles. The second-order valence-corrected chi connectivity index (χ2v) is 5.35. The summed E-state index contributed by atoms with van der Waals surface area (Å²) in [7, 11) is 0. The molecule has 0 saturated heterocycles. The van der Waals surface area contributed by atoms with Crippen LogP contribution in [0.3, 0.4) is 0 Å². The van der Waals surface area contributed by atoms with Gasteiger partial charge in [-0.3, -0.25) is 4.98 Å². The Labute approximate surface area is 142 Å². The van der Waals surface area contributed by atoms with Crippen molar-refractivity contribution in [3.63, 3.8) is 0 Å². The van der Waals surface area contributed by atoms with E-state index in [1.807, 2.05) is 12.1 Å². The van der Waals surface area contributed by atoms with Gasteiger partial charge in [-0.25, -0.2) is 5.10 Å². The molecule has 2 aromatic heterocycles. The van der Waals surface area contributed by atoms with Gasteiger partial charge in [0, 0.05) is 23.0 Å². The molecule has 2 heterocycles. The normalized spacial score (nSPS) is 11.0. The molecule has 6 nitrogen and oxygen atoms in total. The maximum atomic E-state index is 5.84. The molecule has 0 aliphatic heterocycles. The van der Waals surface area contributed by atoms with Crippen LogP contribution in [-0.2, 0) is 6.61 Å². The summed E-state index contributed by atoms with van der Waals surface area (Å²) in [5.74, 6) is 1.25. The number of aromatic amines is 1. The quantitative estimate of drug-likeness (QED) is 0.568. The average Bonchev–Trinajstić information content (AvgIpc) is 2.93. The van der Waals surface area contributed by atoms with Gasteiger partial charge in [-0.2, -0.15) is 14.9 Å². The largest absolute Gasteiger partial charge is 0.486 e. The molecule has 0 aliphatic carbocycles. The molecule has 0 bridgehead atoms. The Hall–Kier alpha value is -2.51. The summed E-state index contributed by atoms with van der Waals surface area (Å²) in [6.45, 7) is 0.221. The fourth-order valence-corrected chi connectivity index (χ4v) is 2.12. The Bertz CT molecular complexity index is 858. The fourth-order valence-electron chi connectivity index (χ4n) is 1.79. The highest BCUT2D eigenvalue weighted by Crippen LogP contribution is 2.16. The third-order valence-corrected chi connectivity index (χ3v) is 3.42. The molecule has 23 heavy (non-hydrogen) atoms. The second kappa shape index (κ2) is 7.17. The minimum atomic E-state index is 0.221. The summed E-state index contributed by atoms with van der Waals surface area (Å²) in [5, 5.41) is 11.8.